The molecule has 0 saturated carbocycles. The summed E-state index contributed by atoms with van der Waals surface area (Å²) >= 11 is 5.64. The molecule has 0 radical (unpaired) electrons. The molecule has 0 unspecified atom stereocenters. The van der Waals surface area contributed by atoms with Crippen molar-refractivity contribution < 1.29 is 14.8 Å². The molecule has 0 aliphatic carbocycles. The predicted molar refractivity (Wildman–Crippen MR) is 49.8 cm³/mol. The molecular weight excluding hydrogens is 210 g/mol. The molecule has 0 aliphatic heterocycles. The maximum Gasteiger partial charge on any atom is 0.342 e. The van der Waals surface area contributed by atoms with Gasteiger partial charge in [0.2, 0.25) is 0 Å². The van der Waals surface area contributed by atoms with Crippen LogP contribution in [0.3, 0.4) is 0 Å². The summed E-state index contributed by atoms with van der Waals surface area (Å²) in [6, 6.07) is 2.45. The minimum atomic E-state index is -1.34. The van der Waals surface area contributed by atoms with E-state index in [1.165, 1.54) is 13.0 Å². The smallest absolute Gasteiger partial charge is 0.342 e. The second kappa shape index (κ2) is 3.63. The number of rotatable bonds is 2. The van der Waals surface area contributed by atoms with Gasteiger partial charge in [-0.05, 0) is 19.1 Å². The number of benzene rings is 1. The Morgan fingerprint density at radius 3 is 2.57 bits per heavy atom. The van der Waals surface area contributed by atoms with Crippen molar-refractivity contribution >= 4 is 23.3 Å². The first-order valence-corrected chi connectivity index (χ1v) is 3.99. The number of carbonyl (C=O) groups is 1. The van der Waals surface area contributed by atoms with E-state index in [4.69, 9.17) is 16.7 Å². The lowest BCUT2D eigenvalue weighted by Crippen LogP contribution is -2.04. The highest BCUT2D eigenvalue weighted by molar-refractivity contribution is 6.31. The number of carboxylic acid groups (broad SMARTS) is 1. The third-order valence-electron chi connectivity index (χ3n) is 1.78. The van der Waals surface area contributed by atoms with Crippen LogP contribution < -0.4 is 0 Å². The number of nitrogens with zero attached hydrogens (tertiary/aromatic N) is 1. The minimum absolute atomic E-state index is 0.163. The van der Waals surface area contributed by atoms with Crippen LogP contribution in [0.5, 0.6) is 0 Å². The third kappa shape index (κ3) is 1.67. The highest BCUT2D eigenvalue weighted by Crippen LogP contribution is 2.29. The van der Waals surface area contributed by atoms with E-state index in [0.29, 0.717) is 0 Å². The molecule has 1 N–H and O–H groups in total. The van der Waals surface area contributed by atoms with Crippen molar-refractivity contribution in [3.05, 3.63) is 38.4 Å². The molecule has 0 aromatic heterocycles. The van der Waals surface area contributed by atoms with E-state index in [2.05, 4.69) is 0 Å². The Morgan fingerprint density at radius 1 is 1.57 bits per heavy atom. The zero-order chi connectivity index (χ0) is 10.9. The fourth-order valence-electron chi connectivity index (χ4n) is 1.08. The molecule has 1 aromatic rings. The Labute approximate surface area is 84.1 Å². The normalized spacial score (nSPS) is 9.86. The molecule has 0 aliphatic rings. The zero-order valence-electron chi connectivity index (χ0n) is 7.15. The van der Waals surface area contributed by atoms with Crippen LogP contribution in [0.15, 0.2) is 12.1 Å². The van der Waals surface area contributed by atoms with Crippen molar-refractivity contribution in [3.63, 3.8) is 0 Å². The first kappa shape index (κ1) is 10.5. The van der Waals surface area contributed by atoms with Crippen molar-refractivity contribution in [2.45, 2.75) is 6.92 Å². The van der Waals surface area contributed by atoms with E-state index in [-0.39, 0.29) is 16.1 Å². The number of halogens is 1. The molecule has 0 bridgehead atoms. The molecule has 5 nitrogen and oxygen atoms in total. The van der Waals surface area contributed by atoms with E-state index in [1.807, 2.05) is 0 Å². The molecule has 74 valence electrons. The summed E-state index contributed by atoms with van der Waals surface area (Å²) in [4.78, 5) is 20.5. The summed E-state index contributed by atoms with van der Waals surface area (Å²) in [6.45, 7) is 1.41. The van der Waals surface area contributed by atoms with E-state index < -0.39 is 16.6 Å². The molecule has 6 heteroatoms. The lowest BCUT2D eigenvalue weighted by Gasteiger charge is -2.02. The lowest BCUT2D eigenvalue weighted by molar-refractivity contribution is -0.385. The largest absolute Gasteiger partial charge is 0.477 e. The Kier molecular flexibility index (Phi) is 2.71. The number of carboxylic acids is 1. The van der Waals surface area contributed by atoms with Gasteiger partial charge in [-0.3, -0.25) is 10.1 Å². The van der Waals surface area contributed by atoms with Gasteiger partial charge in [0.1, 0.15) is 5.56 Å². The standard InChI is InChI=1S/C8H6ClNO4/c1-4-6(9)3-2-5(8(11)12)7(4)10(13)14/h2-3H,1H3,(H,11,12). The van der Waals surface area contributed by atoms with E-state index in [0.717, 1.165) is 6.07 Å². The lowest BCUT2D eigenvalue weighted by atomic mass is 10.1. The maximum atomic E-state index is 10.6. The number of nitro groups is 1. The summed E-state index contributed by atoms with van der Waals surface area (Å²) in [6.07, 6.45) is 0. The third-order valence-corrected chi connectivity index (χ3v) is 2.19. The van der Waals surface area contributed by atoms with Gasteiger partial charge in [0.25, 0.3) is 5.69 Å². The summed E-state index contributed by atoms with van der Waals surface area (Å²) in [5.74, 6) is -1.34. The minimum Gasteiger partial charge on any atom is -0.477 e. The quantitative estimate of drug-likeness (QED) is 0.606. The molecule has 0 atom stereocenters. The molecule has 1 aromatic carbocycles. The van der Waals surface area contributed by atoms with Gasteiger partial charge < -0.3 is 5.11 Å². The van der Waals surface area contributed by atoms with Crippen LogP contribution in [0, 0.1) is 17.0 Å². The van der Waals surface area contributed by atoms with Gasteiger partial charge in [0, 0.05) is 5.56 Å². The predicted octanol–water partition coefficient (Wildman–Crippen LogP) is 2.25. The van der Waals surface area contributed by atoms with Gasteiger partial charge in [-0.25, -0.2) is 4.79 Å². The van der Waals surface area contributed by atoms with Gasteiger partial charge in [-0.2, -0.15) is 0 Å². The topological polar surface area (TPSA) is 80.4 Å². The summed E-state index contributed by atoms with van der Waals surface area (Å²) in [5, 5.41) is 19.4. The first-order valence-electron chi connectivity index (χ1n) is 3.62. The monoisotopic (exact) mass is 215 g/mol. The van der Waals surface area contributed by atoms with Crippen LogP contribution in [0.2, 0.25) is 5.02 Å². The highest BCUT2D eigenvalue weighted by atomic mass is 35.5. The second-order valence-electron chi connectivity index (χ2n) is 2.63. The number of hydrogen-bond donors (Lipinski definition) is 1. The molecule has 0 amide bonds. The van der Waals surface area contributed by atoms with Gasteiger partial charge in [0.15, 0.2) is 0 Å². The van der Waals surface area contributed by atoms with Crippen molar-refractivity contribution in [1.29, 1.82) is 0 Å². The Hall–Kier alpha value is -1.62. The van der Waals surface area contributed by atoms with Gasteiger partial charge in [-0.1, -0.05) is 11.6 Å². The molecule has 14 heavy (non-hydrogen) atoms. The second-order valence-corrected chi connectivity index (χ2v) is 3.04. The Balaban J connectivity index is 3.53. The van der Waals surface area contributed by atoms with Gasteiger partial charge in [0.05, 0.1) is 9.95 Å². The molecule has 0 saturated heterocycles. The van der Waals surface area contributed by atoms with Crippen LogP contribution in [0.1, 0.15) is 15.9 Å². The zero-order valence-corrected chi connectivity index (χ0v) is 7.91. The van der Waals surface area contributed by atoms with Crippen molar-refractivity contribution in [2.75, 3.05) is 0 Å². The van der Waals surface area contributed by atoms with E-state index >= 15 is 0 Å². The van der Waals surface area contributed by atoms with Crippen molar-refractivity contribution in [3.8, 4) is 0 Å². The summed E-state index contributed by atoms with van der Waals surface area (Å²) in [7, 11) is 0. The van der Waals surface area contributed by atoms with Crippen molar-refractivity contribution in [1.82, 2.24) is 0 Å². The van der Waals surface area contributed by atoms with Crippen LogP contribution in [-0.2, 0) is 0 Å². The first-order chi connectivity index (χ1) is 6.45. The van der Waals surface area contributed by atoms with Crippen LogP contribution in [0.25, 0.3) is 0 Å². The SMILES string of the molecule is Cc1c(Cl)ccc(C(=O)O)c1[N+](=O)[O-]. The van der Waals surface area contributed by atoms with Gasteiger partial charge in [-0.15, -0.1) is 0 Å². The fraction of sp³-hybridized carbons (Fsp3) is 0.125. The van der Waals surface area contributed by atoms with Crippen molar-refractivity contribution in [2.24, 2.45) is 0 Å². The average Bonchev–Trinajstić information content (AvgIpc) is 2.08. The molecule has 0 fully saturated rings. The number of nitro benzene ring substituents is 1. The Bertz CT molecular complexity index is 416. The molecule has 0 heterocycles. The fourth-order valence-corrected chi connectivity index (χ4v) is 1.24. The van der Waals surface area contributed by atoms with Crippen LogP contribution >= 0.6 is 11.6 Å². The maximum absolute atomic E-state index is 10.6. The van der Waals surface area contributed by atoms with Gasteiger partial charge >= 0.3 is 5.97 Å². The average molecular weight is 216 g/mol. The van der Waals surface area contributed by atoms with E-state index in [9.17, 15) is 14.9 Å². The Morgan fingerprint density at radius 2 is 2.14 bits per heavy atom. The number of aromatic carboxylic acids is 1. The summed E-state index contributed by atoms with van der Waals surface area (Å²) < 4.78 is 0. The molecule has 0 spiro atoms. The molecular formula is C8H6ClNO4. The molecule has 1 rings (SSSR count). The summed E-state index contributed by atoms with van der Waals surface area (Å²) in [5.41, 5.74) is -0.640. The highest BCUT2D eigenvalue weighted by Gasteiger charge is 2.23. The number of hydrogen-bond acceptors (Lipinski definition) is 3. The van der Waals surface area contributed by atoms with Crippen LogP contribution in [0.4, 0.5) is 5.69 Å². The van der Waals surface area contributed by atoms with Crippen LogP contribution in [-0.4, -0.2) is 16.0 Å². The van der Waals surface area contributed by atoms with E-state index in [1.54, 1.807) is 0 Å².